The molecule has 0 unspecified atom stereocenters. The zero-order chi connectivity index (χ0) is 14.0. The Morgan fingerprint density at radius 1 is 1.16 bits per heavy atom. The molecule has 0 bridgehead atoms. The lowest BCUT2D eigenvalue weighted by atomic mass is 10.1. The number of aromatic nitrogens is 3. The molecule has 2 heterocycles. The summed E-state index contributed by atoms with van der Waals surface area (Å²) in [6, 6.07) is 3.83. The van der Waals surface area contributed by atoms with Gasteiger partial charge >= 0.3 is 0 Å². The van der Waals surface area contributed by atoms with Gasteiger partial charge in [-0.3, -0.25) is 4.79 Å². The van der Waals surface area contributed by atoms with E-state index in [4.69, 9.17) is 0 Å². The highest BCUT2D eigenvalue weighted by Crippen LogP contribution is 2.09. The van der Waals surface area contributed by atoms with Gasteiger partial charge in [-0.25, -0.2) is 9.97 Å². The molecule has 100 valence electrons. The number of hydrogen-bond acceptors (Lipinski definition) is 4. The zero-order valence-corrected chi connectivity index (χ0v) is 11.7. The summed E-state index contributed by atoms with van der Waals surface area (Å²) in [4.78, 5) is 23.2. The molecule has 0 aliphatic carbocycles. The van der Waals surface area contributed by atoms with Gasteiger partial charge in [0.1, 0.15) is 11.6 Å². The highest BCUT2D eigenvalue weighted by atomic mass is 16.1. The van der Waals surface area contributed by atoms with E-state index in [0.717, 1.165) is 34.2 Å². The van der Waals surface area contributed by atoms with Crippen LogP contribution in [0.4, 0.5) is 5.82 Å². The highest BCUT2D eigenvalue weighted by Gasteiger charge is 2.06. The van der Waals surface area contributed by atoms with Crippen LogP contribution in [0.3, 0.4) is 0 Å². The molecule has 0 saturated heterocycles. The predicted octanol–water partition coefficient (Wildman–Crippen LogP) is 2.01. The fourth-order valence-corrected chi connectivity index (χ4v) is 2.09. The van der Waals surface area contributed by atoms with Crippen molar-refractivity contribution in [1.82, 2.24) is 15.0 Å². The molecular weight excluding hydrogens is 240 g/mol. The van der Waals surface area contributed by atoms with E-state index >= 15 is 0 Å². The summed E-state index contributed by atoms with van der Waals surface area (Å²) in [6.07, 6.45) is 0. The van der Waals surface area contributed by atoms with Crippen LogP contribution < -0.4 is 10.9 Å². The summed E-state index contributed by atoms with van der Waals surface area (Å²) < 4.78 is 0. The number of aromatic amines is 1. The van der Waals surface area contributed by atoms with E-state index in [1.807, 2.05) is 39.8 Å². The lowest BCUT2D eigenvalue weighted by molar-refractivity contribution is 0.970. The van der Waals surface area contributed by atoms with Crippen LogP contribution in [-0.2, 0) is 6.54 Å². The molecule has 19 heavy (non-hydrogen) atoms. The molecule has 5 heteroatoms. The van der Waals surface area contributed by atoms with Gasteiger partial charge in [-0.15, -0.1) is 0 Å². The summed E-state index contributed by atoms with van der Waals surface area (Å²) in [7, 11) is 0. The van der Waals surface area contributed by atoms with Gasteiger partial charge in [-0.05, 0) is 39.3 Å². The van der Waals surface area contributed by atoms with Crippen LogP contribution in [0.15, 0.2) is 16.9 Å². The molecule has 0 saturated carbocycles. The summed E-state index contributed by atoms with van der Waals surface area (Å²) in [5.41, 5.74) is 3.45. The van der Waals surface area contributed by atoms with Crippen molar-refractivity contribution in [3.05, 3.63) is 50.8 Å². The van der Waals surface area contributed by atoms with Crippen LogP contribution in [0.25, 0.3) is 0 Å². The molecule has 0 aliphatic heterocycles. The quantitative estimate of drug-likeness (QED) is 0.883. The smallest absolute Gasteiger partial charge is 0.253 e. The summed E-state index contributed by atoms with van der Waals surface area (Å²) >= 11 is 0. The molecule has 2 aromatic heterocycles. The molecule has 2 aromatic rings. The van der Waals surface area contributed by atoms with Crippen molar-refractivity contribution in [2.24, 2.45) is 0 Å². The number of aryl methyl sites for hydroxylation is 4. The van der Waals surface area contributed by atoms with E-state index < -0.39 is 0 Å². The Bertz CT molecular complexity index is 641. The maximum Gasteiger partial charge on any atom is 0.253 e. The number of pyridine rings is 1. The monoisotopic (exact) mass is 258 g/mol. The molecule has 0 aromatic carbocycles. The van der Waals surface area contributed by atoms with Crippen molar-refractivity contribution < 1.29 is 0 Å². The van der Waals surface area contributed by atoms with Crippen LogP contribution in [-0.4, -0.2) is 15.0 Å². The van der Waals surface area contributed by atoms with E-state index in [9.17, 15) is 4.79 Å². The highest BCUT2D eigenvalue weighted by molar-refractivity contribution is 5.38. The number of rotatable bonds is 3. The van der Waals surface area contributed by atoms with E-state index in [1.54, 1.807) is 0 Å². The van der Waals surface area contributed by atoms with Crippen LogP contribution >= 0.6 is 0 Å². The molecule has 0 amide bonds. The summed E-state index contributed by atoms with van der Waals surface area (Å²) in [5.74, 6) is 1.46. The average Bonchev–Trinajstić information content (AvgIpc) is 2.25. The molecule has 0 aliphatic rings. The summed E-state index contributed by atoms with van der Waals surface area (Å²) in [6.45, 7) is 8.04. The number of nitrogens with one attached hydrogen (secondary N) is 2. The minimum absolute atomic E-state index is 0.0486. The van der Waals surface area contributed by atoms with Gasteiger partial charge in [0, 0.05) is 29.6 Å². The molecular formula is C14H18N4O. The second-order valence-corrected chi connectivity index (χ2v) is 4.74. The van der Waals surface area contributed by atoms with Crippen LogP contribution in [0.1, 0.15) is 28.3 Å². The van der Waals surface area contributed by atoms with Crippen molar-refractivity contribution >= 4 is 5.82 Å². The van der Waals surface area contributed by atoms with Crippen molar-refractivity contribution in [1.29, 1.82) is 0 Å². The van der Waals surface area contributed by atoms with Crippen molar-refractivity contribution in [3.8, 4) is 0 Å². The van der Waals surface area contributed by atoms with Gasteiger partial charge in [0.2, 0.25) is 0 Å². The van der Waals surface area contributed by atoms with Gasteiger partial charge < -0.3 is 10.3 Å². The first-order valence-electron chi connectivity index (χ1n) is 6.21. The zero-order valence-electron chi connectivity index (χ0n) is 11.7. The topological polar surface area (TPSA) is 70.7 Å². The first kappa shape index (κ1) is 13.3. The lowest BCUT2D eigenvalue weighted by Crippen LogP contribution is -2.19. The largest absolute Gasteiger partial charge is 0.366 e. The van der Waals surface area contributed by atoms with Crippen molar-refractivity contribution in [2.75, 3.05) is 5.32 Å². The SMILES string of the molecule is Cc1cc(NCc2c(C)cc(C)[nH]c2=O)nc(C)n1. The van der Waals surface area contributed by atoms with Crippen molar-refractivity contribution in [2.45, 2.75) is 34.2 Å². The van der Waals surface area contributed by atoms with E-state index in [0.29, 0.717) is 6.54 Å². The fraction of sp³-hybridized carbons (Fsp3) is 0.357. The van der Waals surface area contributed by atoms with Crippen LogP contribution in [0.5, 0.6) is 0 Å². The number of hydrogen-bond donors (Lipinski definition) is 2. The standard InChI is InChI=1S/C14H18N4O/c1-8-5-9(2)17-14(19)12(8)7-15-13-6-10(3)16-11(4)18-13/h5-6H,7H2,1-4H3,(H,17,19)(H,15,16,18). The first-order valence-corrected chi connectivity index (χ1v) is 6.21. The Morgan fingerprint density at radius 2 is 1.89 bits per heavy atom. The Hall–Kier alpha value is -2.17. The average molecular weight is 258 g/mol. The van der Waals surface area contributed by atoms with Crippen LogP contribution in [0, 0.1) is 27.7 Å². The molecule has 5 nitrogen and oxygen atoms in total. The maximum absolute atomic E-state index is 11.9. The molecule has 2 N–H and O–H groups in total. The molecule has 0 atom stereocenters. The third-order valence-corrected chi connectivity index (χ3v) is 2.91. The second-order valence-electron chi connectivity index (χ2n) is 4.74. The Kier molecular flexibility index (Phi) is 3.64. The predicted molar refractivity (Wildman–Crippen MR) is 75.4 cm³/mol. The van der Waals surface area contributed by atoms with Crippen LogP contribution in [0.2, 0.25) is 0 Å². The number of anilines is 1. The van der Waals surface area contributed by atoms with Gasteiger partial charge in [-0.2, -0.15) is 0 Å². The number of H-pyrrole nitrogens is 1. The van der Waals surface area contributed by atoms with E-state index in [-0.39, 0.29) is 5.56 Å². The Morgan fingerprint density at radius 3 is 2.53 bits per heavy atom. The van der Waals surface area contributed by atoms with Gasteiger partial charge in [0.15, 0.2) is 0 Å². The third kappa shape index (κ3) is 3.19. The third-order valence-electron chi connectivity index (χ3n) is 2.91. The first-order chi connectivity index (χ1) is 8.95. The Balaban J connectivity index is 2.21. The minimum Gasteiger partial charge on any atom is -0.366 e. The normalized spacial score (nSPS) is 10.5. The fourth-order valence-electron chi connectivity index (χ4n) is 2.09. The lowest BCUT2D eigenvalue weighted by Gasteiger charge is -2.09. The minimum atomic E-state index is -0.0486. The van der Waals surface area contributed by atoms with Gasteiger partial charge in [-0.1, -0.05) is 0 Å². The number of nitrogens with zero attached hydrogens (tertiary/aromatic N) is 2. The molecule has 2 rings (SSSR count). The molecule has 0 spiro atoms. The van der Waals surface area contributed by atoms with Gasteiger partial charge in [0.05, 0.1) is 0 Å². The second kappa shape index (κ2) is 5.22. The maximum atomic E-state index is 11.9. The van der Waals surface area contributed by atoms with Gasteiger partial charge in [0.25, 0.3) is 5.56 Å². The molecule has 0 fully saturated rings. The van der Waals surface area contributed by atoms with E-state index in [2.05, 4.69) is 20.3 Å². The van der Waals surface area contributed by atoms with Crippen molar-refractivity contribution in [3.63, 3.8) is 0 Å². The summed E-state index contributed by atoms with van der Waals surface area (Å²) in [5, 5.41) is 3.17. The molecule has 0 radical (unpaired) electrons. The van der Waals surface area contributed by atoms with E-state index in [1.165, 1.54) is 0 Å². The Labute approximate surface area is 112 Å².